The number of benzene rings is 2. The highest BCUT2D eigenvalue weighted by atomic mass is 35.5. The summed E-state index contributed by atoms with van der Waals surface area (Å²) >= 11 is 5.94. The Morgan fingerprint density at radius 2 is 1.82 bits per heavy atom. The number of aliphatic hydroxyl groups is 1. The number of ether oxygens (including phenoxy) is 1. The molecule has 1 atom stereocenters. The van der Waals surface area contributed by atoms with Gasteiger partial charge in [0.25, 0.3) is 5.91 Å². The van der Waals surface area contributed by atoms with Crippen molar-refractivity contribution >= 4 is 23.3 Å². The van der Waals surface area contributed by atoms with Crippen molar-refractivity contribution in [2.45, 2.75) is 25.5 Å². The molecular formula is C22H20ClF3N4O3. The highest BCUT2D eigenvalue weighted by molar-refractivity contribution is 6.30. The predicted molar refractivity (Wildman–Crippen MR) is 115 cm³/mol. The number of anilines is 1. The van der Waals surface area contributed by atoms with Gasteiger partial charge < -0.3 is 14.7 Å². The summed E-state index contributed by atoms with van der Waals surface area (Å²) in [4.78, 5) is 19.8. The number of rotatable bonds is 5. The number of aryl methyl sites for hydroxylation is 1. The number of imidazole rings is 1. The second kappa shape index (κ2) is 8.60. The van der Waals surface area contributed by atoms with Crippen molar-refractivity contribution in [3.05, 3.63) is 70.4 Å². The third kappa shape index (κ3) is 4.49. The van der Waals surface area contributed by atoms with Crippen molar-refractivity contribution in [3.63, 3.8) is 0 Å². The van der Waals surface area contributed by atoms with Gasteiger partial charge in [0.15, 0.2) is 11.5 Å². The Balaban J connectivity index is 1.74. The lowest BCUT2D eigenvalue weighted by atomic mass is 10.1. The van der Waals surface area contributed by atoms with Crippen LogP contribution in [0.15, 0.2) is 48.5 Å². The van der Waals surface area contributed by atoms with Crippen LogP contribution in [0.25, 0.3) is 0 Å². The number of fused-ring (bicyclic) bond motifs is 1. The lowest BCUT2D eigenvalue weighted by Gasteiger charge is -2.36. The fourth-order valence-corrected chi connectivity index (χ4v) is 3.66. The van der Waals surface area contributed by atoms with Crippen molar-refractivity contribution in [2.24, 2.45) is 0 Å². The first-order chi connectivity index (χ1) is 15.6. The minimum atomic E-state index is -4.54. The number of hydrogen-bond acceptors (Lipinski definition) is 5. The van der Waals surface area contributed by atoms with Crippen LogP contribution in [0.1, 0.15) is 21.6 Å². The summed E-state index contributed by atoms with van der Waals surface area (Å²) in [5, 5.41) is 10.9. The lowest BCUT2D eigenvalue weighted by Crippen LogP contribution is -2.52. The molecule has 4 rings (SSSR count). The molecule has 0 saturated heterocycles. The van der Waals surface area contributed by atoms with Gasteiger partial charge in [-0.1, -0.05) is 29.8 Å². The maximum Gasteiger partial charge on any atom is 0.416 e. The molecule has 0 aliphatic carbocycles. The van der Waals surface area contributed by atoms with Crippen LogP contribution in [0.4, 0.5) is 19.0 Å². The topological polar surface area (TPSA) is 70.8 Å². The molecule has 33 heavy (non-hydrogen) atoms. The summed E-state index contributed by atoms with van der Waals surface area (Å²) in [6.07, 6.45) is -5.31. The smallest absolute Gasteiger partial charge is 0.416 e. The molecule has 0 fully saturated rings. The van der Waals surface area contributed by atoms with E-state index in [0.29, 0.717) is 11.4 Å². The first kappa shape index (κ1) is 22.9. The van der Waals surface area contributed by atoms with Gasteiger partial charge in [-0.25, -0.2) is 0 Å². The van der Waals surface area contributed by atoms with Gasteiger partial charge in [0.2, 0.25) is 6.35 Å². The van der Waals surface area contributed by atoms with Crippen molar-refractivity contribution < 1.29 is 27.8 Å². The molecule has 3 aromatic rings. The first-order valence-electron chi connectivity index (χ1n) is 9.94. The maximum absolute atomic E-state index is 13.1. The Hall–Kier alpha value is -3.24. The quantitative estimate of drug-likeness (QED) is 0.586. The molecule has 2 heterocycles. The van der Waals surface area contributed by atoms with Crippen molar-refractivity contribution in [2.75, 3.05) is 19.0 Å². The number of carbonyl (C=O) groups excluding carboxylic acids is 1. The summed E-state index contributed by atoms with van der Waals surface area (Å²) in [5.74, 6) is -0.397. The SMILES string of the molecule is CN1C(=O)c2c(nc(Oc3cccc(C(F)(F)F)c3)n2CCc2ccc(Cl)cc2)N(C)C1O. The average molecular weight is 481 g/mol. The lowest BCUT2D eigenvalue weighted by molar-refractivity contribution is -0.137. The zero-order valence-electron chi connectivity index (χ0n) is 17.7. The van der Waals surface area contributed by atoms with Gasteiger partial charge in [-0.2, -0.15) is 18.2 Å². The van der Waals surface area contributed by atoms with Gasteiger partial charge in [0.1, 0.15) is 5.75 Å². The van der Waals surface area contributed by atoms with E-state index >= 15 is 0 Å². The van der Waals surface area contributed by atoms with E-state index in [0.717, 1.165) is 22.6 Å². The predicted octanol–water partition coefficient (Wildman–Crippen LogP) is 4.39. The first-order valence-corrected chi connectivity index (χ1v) is 10.3. The molecule has 174 valence electrons. The summed E-state index contributed by atoms with van der Waals surface area (Å²) in [7, 11) is 2.99. The molecule has 1 N–H and O–H groups in total. The average Bonchev–Trinajstić information content (AvgIpc) is 3.13. The number of halogens is 4. The molecule has 0 spiro atoms. The van der Waals surface area contributed by atoms with Crippen LogP contribution in [-0.4, -0.2) is 45.9 Å². The third-order valence-electron chi connectivity index (χ3n) is 5.37. The van der Waals surface area contributed by atoms with E-state index in [1.165, 1.54) is 28.6 Å². The Morgan fingerprint density at radius 3 is 2.48 bits per heavy atom. The van der Waals surface area contributed by atoms with E-state index in [4.69, 9.17) is 16.3 Å². The van der Waals surface area contributed by atoms with Crippen LogP contribution in [-0.2, 0) is 19.1 Å². The van der Waals surface area contributed by atoms with Crippen molar-refractivity contribution in [1.29, 1.82) is 0 Å². The third-order valence-corrected chi connectivity index (χ3v) is 5.62. The highest BCUT2D eigenvalue weighted by Crippen LogP contribution is 2.36. The molecule has 2 aromatic carbocycles. The molecule has 1 aliphatic heterocycles. The number of nitrogens with zero attached hydrogens (tertiary/aromatic N) is 4. The number of amides is 1. The molecule has 1 amide bonds. The van der Waals surface area contributed by atoms with E-state index in [2.05, 4.69) is 4.98 Å². The van der Waals surface area contributed by atoms with Crippen LogP contribution in [0.5, 0.6) is 11.8 Å². The minimum absolute atomic E-state index is 0.0593. The molecular weight excluding hydrogens is 461 g/mol. The largest absolute Gasteiger partial charge is 0.425 e. The molecule has 7 nitrogen and oxygen atoms in total. The number of carbonyl (C=O) groups is 1. The molecule has 1 unspecified atom stereocenters. The monoisotopic (exact) mass is 480 g/mol. The molecule has 1 aliphatic rings. The van der Waals surface area contributed by atoms with E-state index in [9.17, 15) is 23.1 Å². The number of alkyl halides is 3. The van der Waals surface area contributed by atoms with E-state index < -0.39 is 24.0 Å². The number of aliphatic hydroxyl groups excluding tert-OH is 1. The Morgan fingerprint density at radius 1 is 1.12 bits per heavy atom. The molecule has 1 aromatic heterocycles. The zero-order valence-corrected chi connectivity index (χ0v) is 18.4. The van der Waals surface area contributed by atoms with Crippen LogP contribution in [0.3, 0.4) is 0 Å². The molecule has 0 saturated carbocycles. The molecule has 0 radical (unpaired) electrons. The minimum Gasteiger partial charge on any atom is -0.425 e. The van der Waals surface area contributed by atoms with Gasteiger partial charge in [-0.3, -0.25) is 14.3 Å². The number of aromatic nitrogens is 2. The van der Waals surface area contributed by atoms with Crippen LogP contribution in [0, 0.1) is 0 Å². The van der Waals surface area contributed by atoms with Crippen molar-refractivity contribution in [3.8, 4) is 11.8 Å². The summed E-state index contributed by atoms with van der Waals surface area (Å²) in [5.41, 5.74) is 0.227. The van der Waals surface area contributed by atoms with Crippen LogP contribution < -0.4 is 9.64 Å². The summed E-state index contributed by atoms with van der Waals surface area (Å²) < 4.78 is 46.6. The van der Waals surface area contributed by atoms with E-state index in [1.54, 1.807) is 19.2 Å². The number of hydrogen-bond donors (Lipinski definition) is 1. The van der Waals surface area contributed by atoms with Gasteiger partial charge in [0.05, 0.1) is 5.56 Å². The fourth-order valence-electron chi connectivity index (χ4n) is 3.54. The standard InChI is InChI=1S/C22H20ClF3N4O3/c1-28-18-17(19(31)29(2)21(28)32)30(11-10-13-6-8-15(23)9-7-13)20(27-18)33-16-5-3-4-14(12-16)22(24,25)26/h3-9,12,21,32H,10-11H2,1-2H3. The van der Waals surface area contributed by atoms with Crippen LogP contribution >= 0.6 is 11.6 Å². The van der Waals surface area contributed by atoms with Gasteiger partial charge in [-0.15, -0.1) is 0 Å². The van der Waals surface area contributed by atoms with Gasteiger partial charge >= 0.3 is 12.2 Å². The highest BCUT2D eigenvalue weighted by Gasteiger charge is 2.38. The van der Waals surface area contributed by atoms with Crippen molar-refractivity contribution in [1.82, 2.24) is 14.5 Å². The maximum atomic E-state index is 13.1. The summed E-state index contributed by atoms with van der Waals surface area (Å²) in [6.45, 7) is 0.252. The second-order valence-electron chi connectivity index (χ2n) is 7.60. The fraction of sp³-hybridized carbons (Fsp3) is 0.273. The second-order valence-corrected chi connectivity index (χ2v) is 8.03. The Labute approximate surface area is 192 Å². The van der Waals surface area contributed by atoms with E-state index in [1.807, 2.05) is 12.1 Å². The Bertz CT molecular complexity index is 1180. The Kier molecular flexibility index (Phi) is 5.98. The van der Waals surface area contributed by atoms with Gasteiger partial charge in [-0.05, 0) is 42.3 Å². The summed E-state index contributed by atoms with van der Waals surface area (Å²) in [6, 6.07) is 11.5. The zero-order chi connectivity index (χ0) is 23.9. The van der Waals surface area contributed by atoms with Crippen LogP contribution in [0.2, 0.25) is 5.02 Å². The van der Waals surface area contributed by atoms with E-state index in [-0.39, 0.29) is 29.8 Å². The molecule has 11 heteroatoms. The normalized spacial score (nSPS) is 16.2. The van der Waals surface area contributed by atoms with Gasteiger partial charge in [0, 0.05) is 25.7 Å². The molecule has 0 bridgehead atoms.